The van der Waals surface area contributed by atoms with Crippen molar-refractivity contribution < 1.29 is 4.79 Å². The summed E-state index contributed by atoms with van der Waals surface area (Å²) < 4.78 is 0. The van der Waals surface area contributed by atoms with E-state index in [1.165, 1.54) is 6.42 Å². The summed E-state index contributed by atoms with van der Waals surface area (Å²) in [4.78, 5) is 25.7. The summed E-state index contributed by atoms with van der Waals surface area (Å²) >= 11 is 1.64. The smallest absolute Gasteiger partial charge is 0.257 e. The van der Waals surface area contributed by atoms with Crippen LogP contribution in [-0.4, -0.2) is 40.9 Å². The second-order valence-electron chi connectivity index (χ2n) is 5.97. The van der Waals surface area contributed by atoms with Gasteiger partial charge < -0.3 is 9.80 Å². The number of amides is 1. The number of aryl methyl sites for hydroxylation is 1. The van der Waals surface area contributed by atoms with E-state index >= 15 is 0 Å². The van der Waals surface area contributed by atoms with E-state index in [0.717, 1.165) is 42.5 Å². The Morgan fingerprint density at radius 3 is 2.83 bits per heavy atom. The molecule has 0 aromatic carbocycles. The fraction of sp³-hybridized carbons (Fsp3) is 0.471. The molecule has 3 heterocycles. The van der Waals surface area contributed by atoms with Crippen molar-refractivity contribution in [3.05, 3.63) is 40.0 Å². The van der Waals surface area contributed by atoms with E-state index in [2.05, 4.69) is 9.97 Å². The van der Waals surface area contributed by atoms with Gasteiger partial charge in [-0.05, 0) is 38.3 Å². The second kappa shape index (κ2) is 7.08. The van der Waals surface area contributed by atoms with Crippen molar-refractivity contribution in [3.8, 4) is 0 Å². The van der Waals surface area contributed by atoms with E-state index in [4.69, 9.17) is 0 Å². The van der Waals surface area contributed by atoms with Crippen LogP contribution in [-0.2, 0) is 6.54 Å². The zero-order valence-electron chi connectivity index (χ0n) is 13.7. The van der Waals surface area contributed by atoms with Crippen LogP contribution in [0.3, 0.4) is 0 Å². The topological polar surface area (TPSA) is 49.3 Å². The van der Waals surface area contributed by atoms with Gasteiger partial charge in [-0.2, -0.15) is 0 Å². The van der Waals surface area contributed by atoms with Crippen molar-refractivity contribution in [1.29, 1.82) is 0 Å². The number of rotatable bonds is 4. The molecule has 122 valence electrons. The number of aromatic nitrogens is 2. The third kappa shape index (κ3) is 3.69. The molecule has 0 radical (unpaired) electrons. The lowest BCUT2D eigenvalue weighted by Crippen LogP contribution is -2.36. The number of thiazole rings is 1. The molecule has 5 nitrogen and oxygen atoms in total. The maximum atomic E-state index is 12.8. The first-order valence-corrected chi connectivity index (χ1v) is 8.89. The number of carbonyl (C=O) groups excluding carboxylic acids is 1. The molecule has 1 fully saturated rings. The van der Waals surface area contributed by atoms with Crippen molar-refractivity contribution in [3.63, 3.8) is 0 Å². The fourth-order valence-corrected chi connectivity index (χ4v) is 3.71. The average molecular weight is 330 g/mol. The Labute approximate surface area is 141 Å². The molecule has 0 atom stereocenters. The zero-order chi connectivity index (χ0) is 16.2. The van der Waals surface area contributed by atoms with Gasteiger partial charge in [-0.1, -0.05) is 0 Å². The minimum atomic E-state index is 0.0926. The molecule has 2 aromatic heterocycles. The van der Waals surface area contributed by atoms with Crippen molar-refractivity contribution in [1.82, 2.24) is 14.9 Å². The molecule has 1 aliphatic rings. The highest BCUT2D eigenvalue weighted by atomic mass is 32.1. The monoisotopic (exact) mass is 330 g/mol. The molecular formula is C17H22N4OS. The first-order valence-electron chi connectivity index (χ1n) is 8.01. The normalized spacial score (nSPS) is 14.8. The number of piperidine rings is 1. The van der Waals surface area contributed by atoms with Gasteiger partial charge in [0.25, 0.3) is 5.91 Å². The predicted molar refractivity (Wildman–Crippen MR) is 92.9 cm³/mol. The molecule has 3 rings (SSSR count). The van der Waals surface area contributed by atoms with Crippen LogP contribution in [0.5, 0.6) is 0 Å². The summed E-state index contributed by atoms with van der Waals surface area (Å²) in [5.41, 5.74) is 1.72. The Balaban J connectivity index is 1.80. The van der Waals surface area contributed by atoms with Gasteiger partial charge in [0.2, 0.25) is 0 Å². The van der Waals surface area contributed by atoms with E-state index in [9.17, 15) is 4.79 Å². The van der Waals surface area contributed by atoms with Gasteiger partial charge in [0.05, 0.1) is 12.1 Å². The van der Waals surface area contributed by atoms with Crippen LogP contribution >= 0.6 is 11.3 Å². The minimum Gasteiger partial charge on any atom is -0.352 e. The minimum absolute atomic E-state index is 0.0926. The third-order valence-electron chi connectivity index (χ3n) is 4.06. The second-order valence-corrected chi connectivity index (χ2v) is 6.91. The lowest BCUT2D eigenvalue weighted by molar-refractivity contribution is 0.0724. The maximum absolute atomic E-state index is 12.8. The van der Waals surface area contributed by atoms with Crippen LogP contribution in [0.15, 0.2) is 23.7 Å². The Bertz CT molecular complexity index is 679. The van der Waals surface area contributed by atoms with Crippen molar-refractivity contribution in [2.45, 2.75) is 32.7 Å². The lowest BCUT2D eigenvalue weighted by atomic mass is 10.1. The zero-order valence-corrected chi connectivity index (χ0v) is 14.5. The molecule has 0 aliphatic carbocycles. The van der Waals surface area contributed by atoms with Gasteiger partial charge in [0.15, 0.2) is 0 Å². The Kier molecular flexibility index (Phi) is 4.91. The predicted octanol–water partition coefficient (Wildman–Crippen LogP) is 3.11. The summed E-state index contributed by atoms with van der Waals surface area (Å²) in [6, 6.07) is 3.71. The molecule has 0 saturated carbocycles. The van der Waals surface area contributed by atoms with Crippen LogP contribution in [0.25, 0.3) is 0 Å². The van der Waals surface area contributed by atoms with Gasteiger partial charge in [0, 0.05) is 37.4 Å². The first kappa shape index (κ1) is 15.9. The number of likely N-dealkylation sites (tertiary alicyclic amines) is 1. The summed E-state index contributed by atoms with van der Waals surface area (Å²) in [7, 11) is 1.96. The number of pyridine rings is 1. The van der Waals surface area contributed by atoms with Gasteiger partial charge >= 0.3 is 0 Å². The SMILES string of the molecule is Cc1csc(CN(C)c2ncccc2C(=O)N2CCCCC2)n1. The molecule has 1 aliphatic heterocycles. The van der Waals surface area contributed by atoms with Gasteiger partial charge in [-0.25, -0.2) is 9.97 Å². The molecule has 0 bridgehead atoms. The quantitative estimate of drug-likeness (QED) is 0.864. The Hall–Kier alpha value is -1.95. The Morgan fingerprint density at radius 1 is 1.35 bits per heavy atom. The van der Waals surface area contributed by atoms with E-state index in [-0.39, 0.29) is 5.91 Å². The first-order chi connectivity index (χ1) is 11.1. The van der Waals surface area contributed by atoms with Crippen LogP contribution in [0.4, 0.5) is 5.82 Å². The van der Waals surface area contributed by atoms with E-state index in [1.807, 2.05) is 41.3 Å². The van der Waals surface area contributed by atoms with Crippen LogP contribution < -0.4 is 4.90 Å². The molecule has 6 heteroatoms. The van der Waals surface area contributed by atoms with Gasteiger partial charge in [-0.3, -0.25) is 4.79 Å². The molecular weight excluding hydrogens is 308 g/mol. The third-order valence-corrected chi connectivity index (χ3v) is 5.01. The summed E-state index contributed by atoms with van der Waals surface area (Å²) in [6.45, 7) is 4.35. The highest BCUT2D eigenvalue weighted by Crippen LogP contribution is 2.22. The molecule has 2 aromatic rings. The van der Waals surface area contributed by atoms with Gasteiger partial charge in [-0.15, -0.1) is 11.3 Å². The van der Waals surface area contributed by atoms with E-state index < -0.39 is 0 Å². The van der Waals surface area contributed by atoms with E-state index in [0.29, 0.717) is 12.1 Å². The standard InChI is InChI=1S/C17H22N4OS/c1-13-12-23-15(19-13)11-20(2)16-14(7-6-8-18-16)17(22)21-9-4-3-5-10-21/h6-8,12H,3-5,9-11H2,1-2H3. The number of nitrogens with zero attached hydrogens (tertiary/aromatic N) is 4. The largest absolute Gasteiger partial charge is 0.352 e. The van der Waals surface area contributed by atoms with Crippen molar-refractivity contribution in [2.24, 2.45) is 0 Å². The average Bonchev–Trinajstić information content (AvgIpc) is 3.00. The van der Waals surface area contributed by atoms with E-state index in [1.54, 1.807) is 17.5 Å². The number of carbonyl (C=O) groups is 1. The van der Waals surface area contributed by atoms with Crippen molar-refractivity contribution in [2.75, 3.05) is 25.0 Å². The van der Waals surface area contributed by atoms with Crippen molar-refractivity contribution >= 4 is 23.1 Å². The number of anilines is 1. The molecule has 0 N–H and O–H groups in total. The molecule has 1 saturated heterocycles. The van der Waals surface area contributed by atoms with Gasteiger partial charge in [0.1, 0.15) is 10.8 Å². The highest BCUT2D eigenvalue weighted by molar-refractivity contribution is 7.09. The summed E-state index contributed by atoms with van der Waals surface area (Å²) in [6.07, 6.45) is 5.14. The molecule has 23 heavy (non-hydrogen) atoms. The lowest BCUT2D eigenvalue weighted by Gasteiger charge is -2.28. The highest BCUT2D eigenvalue weighted by Gasteiger charge is 2.23. The number of hydrogen-bond acceptors (Lipinski definition) is 5. The summed E-state index contributed by atoms with van der Waals surface area (Å²) in [5.74, 6) is 0.825. The fourth-order valence-electron chi connectivity index (χ4n) is 2.89. The van der Waals surface area contributed by atoms with Crippen LogP contribution in [0.1, 0.15) is 40.3 Å². The molecule has 1 amide bonds. The maximum Gasteiger partial charge on any atom is 0.257 e. The van der Waals surface area contributed by atoms with Crippen LogP contribution in [0.2, 0.25) is 0 Å². The molecule has 0 spiro atoms. The van der Waals surface area contributed by atoms with Crippen LogP contribution in [0, 0.1) is 6.92 Å². The number of hydrogen-bond donors (Lipinski definition) is 0. The summed E-state index contributed by atoms with van der Waals surface area (Å²) in [5, 5.41) is 3.08. The Morgan fingerprint density at radius 2 is 2.13 bits per heavy atom. The molecule has 0 unspecified atom stereocenters.